The molecule has 6 heteroatoms. The van der Waals surface area contributed by atoms with Gasteiger partial charge in [0.2, 0.25) is 9.47 Å². The molecule has 1 heterocycles. The maximum Gasteiger partial charge on any atom is 0.284 e. The maximum atomic E-state index is 12.2. The smallest absolute Gasteiger partial charge is 0.284 e. The number of halogens is 1. The summed E-state index contributed by atoms with van der Waals surface area (Å²) in [5, 5.41) is 10.1. The summed E-state index contributed by atoms with van der Waals surface area (Å²) in [5.41, 5.74) is 1.07. The lowest BCUT2D eigenvalue weighted by Crippen LogP contribution is -2.26. The number of aromatic nitrogens is 2. The Kier molecular flexibility index (Phi) is 3.86. The van der Waals surface area contributed by atoms with Crippen molar-refractivity contribution < 1.29 is 4.79 Å². The van der Waals surface area contributed by atoms with Crippen LogP contribution >= 0.6 is 22.9 Å². The first-order chi connectivity index (χ1) is 10.1. The molecule has 3 aromatic rings. The predicted octanol–water partition coefficient (Wildman–Crippen LogP) is 3.62. The van der Waals surface area contributed by atoms with Crippen molar-refractivity contribution in [1.82, 2.24) is 15.1 Å². The predicted molar refractivity (Wildman–Crippen MR) is 84.7 cm³/mol. The van der Waals surface area contributed by atoms with Crippen molar-refractivity contribution >= 4 is 39.6 Å². The molecule has 0 aliphatic rings. The van der Waals surface area contributed by atoms with E-state index in [1.165, 1.54) is 5.39 Å². The molecule has 0 N–H and O–H groups in total. The summed E-state index contributed by atoms with van der Waals surface area (Å²) >= 11 is 6.80. The van der Waals surface area contributed by atoms with Gasteiger partial charge >= 0.3 is 0 Å². The summed E-state index contributed by atoms with van der Waals surface area (Å²) < 4.78 is 0.275. The van der Waals surface area contributed by atoms with Crippen LogP contribution in [0.4, 0.5) is 0 Å². The quantitative estimate of drug-likeness (QED) is 0.741. The largest absolute Gasteiger partial charge is 0.335 e. The summed E-state index contributed by atoms with van der Waals surface area (Å²) in [6.45, 7) is 0.515. The highest BCUT2D eigenvalue weighted by Gasteiger charge is 2.17. The molecule has 0 aliphatic carbocycles. The Labute approximate surface area is 131 Å². The van der Waals surface area contributed by atoms with Crippen LogP contribution in [0.3, 0.4) is 0 Å². The zero-order valence-electron chi connectivity index (χ0n) is 11.3. The van der Waals surface area contributed by atoms with Gasteiger partial charge in [-0.25, -0.2) is 0 Å². The number of carbonyl (C=O) groups excluding carboxylic acids is 1. The van der Waals surface area contributed by atoms with E-state index in [4.69, 9.17) is 11.6 Å². The van der Waals surface area contributed by atoms with E-state index in [9.17, 15) is 4.79 Å². The molecule has 0 fully saturated rings. The minimum Gasteiger partial charge on any atom is -0.335 e. The summed E-state index contributed by atoms with van der Waals surface area (Å²) in [5.74, 6) is -0.174. The normalized spacial score (nSPS) is 10.8. The fraction of sp³-hybridized carbons (Fsp3) is 0.133. The minimum absolute atomic E-state index is 0.174. The zero-order chi connectivity index (χ0) is 14.8. The zero-order valence-corrected chi connectivity index (χ0v) is 12.9. The first-order valence-corrected chi connectivity index (χ1v) is 7.55. The number of nitrogens with zero attached hydrogens (tertiary/aromatic N) is 3. The Balaban J connectivity index is 1.79. The standard InChI is InChI=1S/C15H12ClN3OS/c1-19(14(20)13-17-18-15(16)21-13)9-10-6-7-11-4-2-3-5-12(11)8-10/h2-8H,9H2,1H3. The van der Waals surface area contributed by atoms with Crippen LogP contribution in [0.2, 0.25) is 4.47 Å². The summed E-state index contributed by atoms with van der Waals surface area (Å²) in [7, 11) is 1.74. The number of amides is 1. The molecule has 0 aliphatic heterocycles. The lowest BCUT2D eigenvalue weighted by molar-refractivity contribution is 0.0784. The van der Waals surface area contributed by atoms with Crippen LogP contribution in [0.5, 0.6) is 0 Å². The SMILES string of the molecule is CN(Cc1ccc2ccccc2c1)C(=O)c1nnc(Cl)s1. The highest BCUT2D eigenvalue weighted by Crippen LogP contribution is 2.19. The third kappa shape index (κ3) is 3.04. The van der Waals surface area contributed by atoms with Crippen molar-refractivity contribution in [1.29, 1.82) is 0 Å². The van der Waals surface area contributed by atoms with Gasteiger partial charge in [-0.2, -0.15) is 0 Å². The van der Waals surface area contributed by atoms with Crippen molar-refractivity contribution in [3.05, 3.63) is 57.5 Å². The van der Waals surface area contributed by atoms with Crippen LogP contribution in [0.1, 0.15) is 15.4 Å². The molecule has 0 saturated heterocycles. The molecular formula is C15H12ClN3OS. The van der Waals surface area contributed by atoms with Gasteiger partial charge in [-0.1, -0.05) is 47.7 Å². The van der Waals surface area contributed by atoms with Gasteiger partial charge in [0.1, 0.15) is 0 Å². The van der Waals surface area contributed by atoms with E-state index in [1.54, 1.807) is 11.9 Å². The van der Waals surface area contributed by atoms with Crippen LogP contribution in [0.15, 0.2) is 42.5 Å². The molecule has 0 atom stereocenters. The van der Waals surface area contributed by atoms with Crippen LogP contribution in [0, 0.1) is 0 Å². The molecule has 0 unspecified atom stereocenters. The van der Waals surface area contributed by atoms with Gasteiger partial charge in [0, 0.05) is 13.6 Å². The number of rotatable bonds is 3. The number of carbonyl (C=O) groups is 1. The molecule has 21 heavy (non-hydrogen) atoms. The lowest BCUT2D eigenvalue weighted by Gasteiger charge is -2.15. The van der Waals surface area contributed by atoms with Gasteiger partial charge in [0.15, 0.2) is 0 Å². The van der Waals surface area contributed by atoms with Gasteiger partial charge in [-0.15, -0.1) is 10.2 Å². The fourth-order valence-corrected chi connectivity index (χ4v) is 2.96. The highest BCUT2D eigenvalue weighted by atomic mass is 35.5. The van der Waals surface area contributed by atoms with E-state index in [1.807, 2.05) is 18.2 Å². The van der Waals surface area contributed by atoms with Crippen molar-refractivity contribution in [2.45, 2.75) is 6.54 Å². The second-order valence-electron chi connectivity index (χ2n) is 4.70. The lowest BCUT2D eigenvalue weighted by atomic mass is 10.1. The topological polar surface area (TPSA) is 46.1 Å². The molecule has 1 aromatic heterocycles. The number of hydrogen-bond donors (Lipinski definition) is 0. The van der Waals surface area contributed by atoms with Crippen molar-refractivity contribution in [2.75, 3.05) is 7.05 Å². The van der Waals surface area contributed by atoms with E-state index in [2.05, 4.69) is 34.5 Å². The van der Waals surface area contributed by atoms with E-state index >= 15 is 0 Å². The molecule has 0 spiro atoms. The molecule has 0 radical (unpaired) electrons. The molecule has 3 rings (SSSR count). The second-order valence-corrected chi connectivity index (χ2v) is 6.26. The van der Waals surface area contributed by atoms with Crippen LogP contribution in [-0.4, -0.2) is 28.1 Å². The first kappa shape index (κ1) is 14.0. The Morgan fingerprint density at radius 2 is 1.95 bits per heavy atom. The molecular weight excluding hydrogens is 306 g/mol. The van der Waals surface area contributed by atoms with E-state index in [0.717, 1.165) is 22.3 Å². The van der Waals surface area contributed by atoms with E-state index in [-0.39, 0.29) is 10.4 Å². The molecule has 0 saturated carbocycles. The summed E-state index contributed by atoms with van der Waals surface area (Å²) in [4.78, 5) is 13.8. The molecule has 106 valence electrons. The molecule has 0 bridgehead atoms. The van der Waals surface area contributed by atoms with Gasteiger partial charge < -0.3 is 4.90 Å². The van der Waals surface area contributed by atoms with Crippen LogP contribution < -0.4 is 0 Å². The maximum absolute atomic E-state index is 12.2. The number of fused-ring (bicyclic) bond motifs is 1. The summed E-state index contributed by atoms with van der Waals surface area (Å²) in [6.07, 6.45) is 0. The van der Waals surface area contributed by atoms with Gasteiger partial charge in [0.05, 0.1) is 0 Å². The number of benzene rings is 2. The second kappa shape index (κ2) is 5.79. The third-order valence-electron chi connectivity index (χ3n) is 3.16. The van der Waals surface area contributed by atoms with Gasteiger partial charge in [-0.05, 0) is 34.0 Å². The van der Waals surface area contributed by atoms with Crippen LogP contribution in [0.25, 0.3) is 10.8 Å². The Hall–Kier alpha value is -1.98. The average Bonchev–Trinajstić information content (AvgIpc) is 2.93. The minimum atomic E-state index is -0.174. The summed E-state index contributed by atoms with van der Waals surface area (Å²) in [6, 6.07) is 14.3. The third-order valence-corrected chi connectivity index (χ3v) is 4.17. The van der Waals surface area contributed by atoms with Gasteiger partial charge in [0.25, 0.3) is 5.91 Å². The van der Waals surface area contributed by atoms with E-state index in [0.29, 0.717) is 11.6 Å². The van der Waals surface area contributed by atoms with E-state index < -0.39 is 0 Å². The molecule has 4 nitrogen and oxygen atoms in total. The van der Waals surface area contributed by atoms with Crippen molar-refractivity contribution in [3.8, 4) is 0 Å². The number of hydrogen-bond acceptors (Lipinski definition) is 4. The Morgan fingerprint density at radius 1 is 1.19 bits per heavy atom. The monoisotopic (exact) mass is 317 g/mol. The van der Waals surface area contributed by atoms with Crippen molar-refractivity contribution in [2.24, 2.45) is 0 Å². The average molecular weight is 318 g/mol. The Morgan fingerprint density at radius 3 is 2.67 bits per heavy atom. The van der Waals surface area contributed by atoms with Gasteiger partial charge in [-0.3, -0.25) is 4.79 Å². The van der Waals surface area contributed by atoms with Crippen molar-refractivity contribution in [3.63, 3.8) is 0 Å². The highest BCUT2D eigenvalue weighted by molar-refractivity contribution is 7.17. The molecule has 2 aromatic carbocycles. The van der Waals surface area contributed by atoms with Crippen LogP contribution in [-0.2, 0) is 6.54 Å². The fourth-order valence-electron chi connectivity index (χ4n) is 2.14. The molecule has 1 amide bonds. The first-order valence-electron chi connectivity index (χ1n) is 6.35. The Bertz CT molecular complexity index is 802.